The Hall–Kier alpha value is -2.99. The lowest BCUT2D eigenvalue weighted by molar-refractivity contribution is -0.130. The standard InChI is InChI=1S/C24H25N3O3/c1-12(2)19-17-18(24(26-19)15-10-5-6-11-16(15)25-23(24)30)22(29)27(21(17)28)20-13(3)8-7-9-14(20)4/h5-12,17-19,26H,1-4H3,(H,25,30). The molecule has 0 aromatic heterocycles. The summed E-state index contributed by atoms with van der Waals surface area (Å²) >= 11 is 0. The molecule has 6 heteroatoms. The molecular formula is C24H25N3O3. The van der Waals surface area contributed by atoms with Crippen LogP contribution < -0.4 is 15.5 Å². The summed E-state index contributed by atoms with van der Waals surface area (Å²) in [5, 5.41) is 6.39. The van der Waals surface area contributed by atoms with Gasteiger partial charge in [-0.25, -0.2) is 4.90 Å². The Kier molecular flexibility index (Phi) is 3.96. The zero-order chi connectivity index (χ0) is 21.4. The second-order valence-corrected chi connectivity index (χ2v) is 8.98. The minimum atomic E-state index is -1.23. The third kappa shape index (κ3) is 2.20. The van der Waals surface area contributed by atoms with E-state index in [1.165, 1.54) is 4.90 Å². The van der Waals surface area contributed by atoms with Crippen molar-refractivity contribution >= 4 is 29.1 Å². The normalized spacial score (nSPS) is 29.7. The molecule has 3 amide bonds. The summed E-state index contributed by atoms with van der Waals surface area (Å²) < 4.78 is 0. The van der Waals surface area contributed by atoms with Gasteiger partial charge in [0.15, 0.2) is 0 Å². The molecule has 1 spiro atoms. The fourth-order valence-electron chi connectivity index (χ4n) is 5.64. The first kappa shape index (κ1) is 19.0. The number of hydrogen-bond acceptors (Lipinski definition) is 4. The van der Waals surface area contributed by atoms with Crippen LogP contribution in [0.2, 0.25) is 0 Å². The number of anilines is 2. The van der Waals surface area contributed by atoms with Crippen LogP contribution >= 0.6 is 0 Å². The van der Waals surface area contributed by atoms with Gasteiger partial charge in [0.1, 0.15) is 5.54 Å². The van der Waals surface area contributed by atoms with Crippen LogP contribution in [0.25, 0.3) is 0 Å². The number of aryl methyl sites for hydroxylation is 2. The molecule has 5 rings (SSSR count). The van der Waals surface area contributed by atoms with Crippen molar-refractivity contribution in [1.29, 1.82) is 0 Å². The van der Waals surface area contributed by atoms with E-state index in [0.717, 1.165) is 16.7 Å². The van der Waals surface area contributed by atoms with Gasteiger partial charge in [-0.3, -0.25) is 19.7 Å². The lowest BCUT2D eigenvalue weighted by Gasteiger charge is -2.31. The van der Waals surface area contributed by atoms with Crippen LogP contribution in [0.15, 0.2) is 42.5 Å². The molecule has 0 bridgehead atoms. The van der Waals surface area contributed by atoms with Crippen molar-refractivity contribution in [1.82, 2.24) is 5.32 Å². The molecule has 3 aliphatic rings. The molecule has 3 aliphatic heterocycles. The maximum Gasteiger partial charge on any atom is 0.250 e. The first-order valence-corrected chi connectivity index (χ1v) is 10.4. The number of benzene rings is 2. The number of nitrogens with zero attached hydrogens (tertiary/aromatic N) is 1. The smallest absolute Gasteiger partial charge is 0.250 e. The molecule has 4 atom stereocenters. The molecule has 30 heavy (non-hydrogen) atoms. The summed E-state index contributed by atoms with van der Waals surface area (Å²) in [5.41, 5.74) is 2.61. The Labute approximate surface area is 175 Å². The number of carbonyl (C=O) groups is 3. The number of hydrogen-bond donors (Lipinski definition) is 2. The van der Waals surface area contributed by atoms with Crippen molar-refractivity contribution < 1.29 is 14.4 Å². The number of rotatable bonds is 2. The van der Waals surface area contributed by atoms with Crippen molar-refractivity contribution in [2.24, 2.45) is 17.8 Å². The summed E-state index contributed by atoms with van der Waals surface area (Å²) in [6, 6.07) is 12.9. The van der Waals surface area contributed by atoms with Gasteiger partial charge < -0.3 is 5.32 Å². The fraction of sp³-hybridized carbons (Fsp3) is 0.375. The van der Waals surface area contributed by atoms with Gasteiger partial charge in [0.25, 0.3) is 0 Å². The Morgan fingerprint density at radius 2 is 1.60 bits per heavy atom. The fourth-order valence-corrected chi connectivity index (χ4v) is 5.64. The molecule has 2 fully saturated rings. The largest absolute Gasteiger partial charge is 0.324 e. The van der Waals surface area contributed by atoms with Gasteiger partial charge in [-0.1, -0.05) is 50.2 Å². The van der Waals surface area contributed by atoms with Crippen molar-refractivity contribution in [3.8, 4) is 0 Å². The van der Waals surface area contributed by atoms with Crippen LogP contribution in [-0.4, -0.2) is 23.8 Å². The second kappa shape index (κ2) is 6.25. The SMILES string of the molecule is Cc1cccc(C)c1N1C(=O)C2C(C(C)C)NC3(C(=O)Nc4ccccc43)C2C1=O. The minimum Gasteiger partial charge on any atom is -0.324 e. The highest BCUT2D eigenvalue weighted by atomic mass is 16.2. The zero-order valence-electron chi connectivity index (χ0n) is 17.5. The lowest BCUT2D eigenvalue weighted by Crippen LogP contribution is -2.54. The third-order valence-corrected chi connectivity index (χ3v) is 6.94. The highest BCUT2D eigenvalue weighted by Gasteiger charge is 2.71. The molecule has 4 unspecified atom stereocenters. The molecule has 0 radical (unpaired) electrons. The van der Waals surface area contributed by atoms with E-state index in [9.17, 15) is 14.4 Å². The van der Waals surface area contributed by atoms with Crippen LogP contribution in [0.3, 0.4) is 0 Å². The van der Waals surface area contributed by atoms with E-state index in [1.54, 1.807) is 0 Å². The topological polar surface area (TPSA) is 78.5 Å². The zero-order valence-corrected chi connectivity index (χ0v) is 17.5. The number of nitrogens with one attached hydrogen (secondary N) is 2. The predicted molar refractivity (Wildman–Crippen MR) is 114 cm³/mol. The summed E-state index contributed by atoms with van der Waals surface area (Å²) in [4.78, 5) is 42.3. The molecule has 2 aromatic carbocycles. The summed E-state index contributed by atoms with van der Waals surface area (Å²) in [6.07, 6.45) is 0. The minimum absolute atomic E-state index is 0.0760. The van der Waals surface area contributed by atoms with Crippen molar-refractivity contribution in [3.05, 3.63) is 59.2 Å². The number of fused-ring (bicyclic) bond motifs is 4. The Morgan fingerprint density at radius 1 is 0.933 bits per heavy atom. The molecule has 2 aromatic rings. The average molecular weight is 403 g/mol. The predicted octanol–water partition coefficient (Wildman–Crippen LogP) is 2.88. The van der Waals surface area contributed by atoms with E-state index < -0.39 is 17.4 Å². The van der Waals surface area contributed by atoms with Crippen LogP contribution in [-0.2, 0) is 19.9 Å². The van der Waals surface area contributed by atoms with Crippen molar-refractivity contribution in [2.45, 2.75) is 39.3 Å². The summed E-state index contributed by atoms with van der Waals surface area (Å²) in [5.74, 6) is -2.07. The van der Waals surface area contributed by atoms with E-state index in [-0.39, 0.29) is 29.7 Å². The monoisotopic (exact) mass is 403 g/mol. The van der Waals surface area contributed by atoms with Crippen LogP contribution in [0.4, 0.5) is 11.4 Å². The van der Waals surface area contributed by atoms with E-state index in [1.807, 2.05) is 70.2 Å². The number of amides is 3. The van der Waals surface area contributed by atoms with Gasteiger partial charge in [-0.05, 0) is 37.0 Å². The molecule has 0 aliphatic carbocycles. The van der Waals surface area contributed by atoms with E-state index >= 15 is 0 Å². The summed E-state index contributed by atoms with van der Waals surface area (Å²) in [6.45, 7) is 7.85. The molecule has 2 N–H and O–H groups in total. The highest BCUT2D eigenvalue weighted by molar-refractivity contribution is 6.26. The lowest BCUT2D eigenvalue weighted by atomic mass is 9.76. The van der Waals surface area contributed by atoms with Gasteiger partial charge in [-0.2, -0.15) is 0 Å². The number of para-hydroxylation sites is 2. The quantitative estimate of drug-likeness (QED) is 0.756. The van der Waals surface area contributed by atoms with Gasteiger partial charge in [0.05, 0.1) is 17.5 Å². The average Bonchev–Trinajstić information content (AvgIpc) is 3.29. The summed E-state index contributed by atoms with van der Waals surface area (Å²) in [7, 11) is 0. The molecule has 2 saturated heterocycles. The van der Waals surface area contributed by atoms with E-state index in [2.05, 4.69) is 10.6 Å². The molecule has 6 nitrogen and oxygen atoms in total. The molecule has 154 valence electrons. The number of imide groups is 1. The molecular weight excluding hydrogens is 378 g/mol. The first-order valence-electron chi connectivity index (χ1n) is 10.4. The second-order valence-electron chi connectivity index (χ2n) is 8.98. The number of carbonyl (C=O) groups excluding carboxylic acids is 3. The molecule has 0 saturated carbocycles. The van der Waals surface area contributed by atoms with Crippen LogP contribution in [0.1, 0.15) is 30.5 Å². The maximum absolute atomic E-state index is 13.9. The molecule has 3 heterocycles. The Balaban J connectivity index is 1.72. The Morgan fingerprint density at radius 3 is 2.27 bits per heavy atom. The van der Waals surface area contributed by atoms with Gasteiger partial charge in [-0.15, -0.1) is 0 Å². The first-order chi connectivity index (χ1) is 14.3. The van der Waals surface area contributed by atoms with Gasteiger partial charge >= 0.3 is 0 Å². The van der Waals surface area contributed by atoms with Gasteiger partial charge in [0.2, 0.25) is 17.7 Å². The van der Waals surface area contributed by atoms with Gasteiger partial charge in [0, 0.05) is 17.3 Å². The van der Waals surface area contributed by atoms with Crippen LogP contribution in [0, 0.1) is 31.6 Å². The van der Waals surface area contributed by atoms with E-state index in [4.69, 9.17) is 0 Å². The highest BCUT2D eigenvalue weighted by Crippen LogP contribution is 2.54. The van der Waals surface area contributed by atoms with Crippen molar-refractivity contribution in [2.75, 3.05) is 10.2 Å². The van der Waals surface area contributed by atoms with Crippen LogP contribution in [0.5, 0.6) is 0 Å². The van der Waals surface area contributed by atoms with E-state index in [0.29, 0.717) is 11.4 Å². The Bertz CT molecular complexity index is 1090. The third-order valence-electron chi connectivity index (χ3n) is 6.94. The maximum atomic E-state index is 13.9. The van der Waals surface area contributed by atoms with Crippen molar-refractivity contribution in [3.63, 3.8) is 0 Å².